The zero-order valence-electron chi connectivity index (χ0n) is 14.1. The Balaban J connectivity index is 2.08. The average molecular weight is 339 g/mol. The van der Waals surface area contributed by atoms with Gasteiger partial charge >= 0.3 is 0 Å². The van der Waals surface area contributed by atoms with Crippen LogP contribution in [0.25, 0.3) is 0 Å². The van der Waals surface area contributed by atoms with Crippen molar-refractivity contribution in [3.63, 3.8) is 0 Å². The SMILES string of the molecule is CCCCCC/C=N/NC(=O)CCCOc1ccc(Cl)cc1C. The maximum Gasteiger partial charge on any atom is 0.240 e. The molecule has 0 aliphatic rings. The number of hydrogen-bond donors (Lipinski definition) is 1. The van der Waals surface area contributed by atoms with Gasteiger partial charge in [0.2, 0.25) is 5.91 Å². The van der Waals surface area contributed by atoms with E-state index in [9.17, 15) is 4.79 Å². The van der Waals surface area contributed by atoms with E-state index in [1.807, 2.05) is 19.1 Å². The molecule has 0 heterocycles. The van der Waals surface area contributed by atoms with E-state index in [-0.39, 0.29) is 5.91 Å². The molecule has 0 aromatic heterocycles. The number of carbonyl (C=O) groups excluding carboxylic acids is 1. The van der Waals surface area contributed by atoms with Crippen molar-refractivity contribution in [1.82, 2.24) is 5.43 Å². The van der Waals surface area contributed by atoms with Crippen molar-refractivity contribution >= 4 is 23.7 Å². The summed E-state index contributed by atoms with van der Waals surface area (Å²) in [5, 5.41) is 4.65. The molecule has 0 atom stereocenters. The Kier molecular flexibility index (Phi) is 10.1. The number of unbranched alkanes of at least 4 members (excludes halogenated alkanes) is 4. The van der Waals surface area contributed by atoms with E-state index in [0.29, 0.717) is 24.5 Å². The Labute approximate surface area is 144 Å². The number of hydrazone groups is 1. The lowest BCUT2D eigenvalue weighted by Gasteiger charge is -2.08. The monoisotopic (exact) mass is 338 g/mol. The lowest BCUT2D eigenvalue weighted by molar-refractivity contribution is -0.121. The standard InChI is InChI=1S/C18H27ClN2O2/c1-3-4-5-6-7-12-20-21-18(22)9-8-13-23-17-11-10-16(19)14-15(17)2/h10-12,14H,3-9,13H2,1-2H3,(H,21,22)/b20-12+. The van der Waals surface area contributed by atoms with E-state index < -0.39 is 0 Å². The fourth-order valence-corrected chi connectivity index (χ4v) is 2.32. The van der Waals surface area contributed by atoms with Crippen LogP contribution in [0.1, 0.15) is 57.4 Å². The van der Waals surface area contributed by atoms with Gasteiger partial charge in [0, 0.05) is 17.7 Å². The van der Waals surface area contributed by atoms with Crippen molar-refractivity contribution in [2.45, 2.75) is 58.8 Å². The zero-order chi connectivity index (χ0) is 16.9. The molecule has 0 aliphatic carbocycles. The Bertz CT molecular complexity index is 504. The van der Waals surface area contributed by atoms with E-state index in [2.05, 4.69) is 17.5 Å². The van der Waals surface area contributed by atoms with Crippen LogP contribution < -0.4 is 10.2 Å². The predicted octanol–water partition coefficient (Wildman–Crippen LogP) is 4.88. The van der Waals surface area contributed by atoms with Crippen LogP contribution in [0.15, 0.2) is 23.3 Å². The quantitative estimate of drug-likeness (QED) is 0.355. The molecule has 5 heteroatoms. The molecule has 0 unspecified atom stereocenters. The molecule has 0 saturated heterocycles. The summed E-state index contributed by atoms with van der Waals surface area (Å²) in [5.74, 6) is 0.728. The largest absolute Gasteiger partial charge is 0.493 e. The lowest BCUT2D eigenvalue weighted by Crippen LogP contribution is -2.18. The molecule has 1 aromatic carbocycles. The Hall–Kier alpha value is -1.55. The second kappa shape index (κ2) is 11.9. The first-order valence-corrected chi connectivity index (χ1v) is 8.70. The Morgan fingerprint density at radius 1 is 1.30 bits per heavy atom. The lowest BCUT2D eigenvalue weighted by atomic mass is 10.2. The molecule has 0 spiro atoms. The molecule has 1 rings (SSSR count). The second-order valence-electron chi connectivity index (χ2n) is 5.56. The normalized spacial score (nSPS) is 10.9. The number of halogens is 1. The van der Waals surface area contributed by atoms with Gasteiger partial charge in [0.1, 0.15) is 5.75 Å². The summed E-state index contributed by atoms with van der Waals surface area (Å²) >= 11 is 5.89. The van der Waals surface area contributed by atoms with Crippen LogP contribution in [0.4, 0.5) is 0 Å². The predicted molar refractivity (Wildman–Crippen MR) is 96.3 cm³/mol. The number of benzene rings is 1. The van der Waals surface area contributed by atoms with Gasteiger partial charge in [-0.25, -0.2) is 5.43 Å². The topological polar surface area (TPSA) is 50.7 Å². The van der Waals surface area contributed by atoms with Gasteiger partial charge in [-0.2, -0.15) is 5.10 Å². The van der Waals surface area contributed by atoms with Crippen LogP contribution in [0.3, 0.4) is 0 Å². The van der Waals surface area contributed by atoms with E-state index in [1.165, 1.54) is 19.3 Å². The number of carbonyl (C=O) groups is 1. The number of rotatable bonds is 11. The maximum absolute atomic E-state index is 11.6. The molecule has 23 heavy (non-hydrogen) atoms. The third-order valence-electron chi connectivity index (χ3n) is 3.41. The maximum atomic E-state index is 11.6. The summed E-state index contributed by atoms with van der Waals surface area (Å²) in [7, 11) is 0. The molecule has 1 amide bonds. The number of hydrogen-bond acceptors (Lipinski definition) is 3. The van der Waals surface area contributed by atoms with Gasteiger partial charge < -0.3 is 4.74 Å². The van der Waals surface area contributed by atoms with Crippen molar-refractivity contribution in [2.75, 3.05) is 6.61 Å². The van der Waals surface area contributed by atoms with Crippen molar-refractivity contribution in [2.24, 2.45) is 5.10 Å². The summed E-state index contributed by atoms with van der Waals surface area (Å²) in [6.07, 6.45) is 8.58. The van der Waals surface area contributed by atoms with Crippen LogP contribution in [-0.2, 0) is 4.79 Å². The van der Waals surface area contributed by atoms with Crippen LogP contribution in [-0.4, -0.2) is 18.7 Å². The van der Waals surface area contributed by atoms with Crippen molar-refractivity contribution in [1.29, 1.82) is 0 Å². The molecule has 0 radical (unpaired) electrons. The first-order valence-electron chi connectivity index (χ1n) is 8.32. The fraction of sp³-hybridized carbons (Fsp3) is 0.556. The van der Waals surface area contributed by atoms with Gasteiger partial charge in [-0.3, -0.25) is 4.79 Å². The fourth-order valence-electron chi connectivity index (χ4n) is 2.09. The number of ether oxygens (including phenoxy) is 1. The molecule has 128 valence electrons. The summed E-state index contributed by atoms with van der Waals surface area (Å²) < 4.78 is 5.65. The van der Waals surface area contributed by atoms with E-state index in [1.54, 1.807) is 12.3 Å². The molecule has 1 N–H and O–H groups in total. The molecular weight excluding hydrogens is 312 g/mol. The minimum Gasteiger partial charge on any atom is -0.493 e. The molecule has 0 aliphatic heterocycles. The van der Waals surface area contributed by atoms with E-state index in [0.717, 1.165) is 24.2 Å². The zero-order valence-corrected chi connectivity index (χ0v) is 14.9. The number of nitrogens with zero attached hydrogens (tertiary/aromatic N) is 1. The van der Waals surface area contributed by atoms with Gasteiger partial charge in [0.25, 0.3) is 0 Å². The molecular formula is C18H27ClN2O2. The van der Waals surface area contributed by atoms with Gasteiger partial charge in [0.15, 0.2) is 0 Å². The summed E-state index contributed by atoms with van der Waals surface area (Å²) in [6.45, 7) is 4.63. The van der Waals surface area contributed by atoms with Crippen molar-refractivity contribution in [3.05, 3.63) is 28.8 Å². The highest BCUT2D eigenvalue weighted by molar-refractivity contribution is 6.30. The molecule has 0 fully saturated rings. The van der Waals surface area contributed by atoms with Crippen LogP contribution >= 0.6 is 11.6 Å². The molecule has 1 aromatic rings. The highest BCUT2D eigenvalue weighted by Crippen LogP contribution is 2.21. The second-order valence-corrected chi connectivity index (χ2v) is 5.99. The van der Waals surface area contributed by atoms with Crippen LogP contribution in [0, 0.1) is 6.92 Å². The third-order valence-corrected chi connectivity index (χ3v) is 3.65. The van der Waals surface area contributed by atoms with Gasteiger partial charge in [-0.05, 0) is 49.9 Å². The minimum atomic E-state index is -0.0776. The number of nitrogens with one attached hydrogen (secondary N) is 1. The van der Waals surface area contributed by atoms with Crippen molar-refractivity contribution < 1.29 is 9.53 Å². The summed E-state index contributed by atoms with van der Waals surface area (Å²) in [4.78, 5) is 11.6. The smallest absolute Gasteiger partial charge is 0.240 e. The number of amides is 1. The van der Waals surface area contributed by atoms with E-state index >= 15 is 0 Å². The van der Waals surface area contributed by atoms with E-state index in [4.69, 9.17) is 16.3 Å². The molecule has 0 bridgehead atoms. The molecule has 4 nitrogen and oxygen atoms in total. The summed E-state index contributed by atoms with van der Waals surface area (Å²) in [6, 6.07) is 5.51. The average Bonchev–Trinajstić information content (AvgIpc) is 2.52. The summed E-state index contributed by atoms with van der Waals surface area (Å²) in [5.41, 5.74) is 3.54. The van der Waals surface area contributed by atoms with Gasteiger partial charge in [-0.1, -0.05) is 37.8 Å². The van der Waals surface area contributed by atoms with Crippen LogP contribution in [0.5, 0.6) is 5.75 Å². The Morgan fingerprint density at radius 3 is 2.87 bits per heavy atom. The Morgan fingerprint density at radius 2 is 2.13 bits per heavy atom. The van der Waals surface area contributed by atoms with Gasteiger partial charge in [-0.15, -0.1) is 0 Å². The van der Waals surface area contributed by atoms with Crippen molar-refractivity contribution in [3.8, 4) is 5.75 Å². The minimum absolute atomic E-state index is 0.0776. The first kappa shape index (κ1) is 19.5. The third kappa shape index (κ3) is 9.24. The highest BCUT2D eigenvalue weighted by Gasteiger charge is 2.02. The van der Waals surface area contributed by atoms with Crippen LogP contribution in [0.2, 0.25) is 5.02 Å². The first-order chi connectivity index (χ1) is 11.1. The highest BCUT2D eigenvalue weighted by atomic mass is 35.5. The molecule has 0 saturated carbocycles. The number of aryl methyl sites for hydroxylation is 1. The van der Waals surface area contributed by atoms with Gasteiger partial charge in [0.05, 0.1) is 6.61 Å².